The molecule has 0 amide bonds. The first-order valence-corrected chi connectivity index (χ1v) is 11.4. The van der Waals surface area contributed by atoms with Crippen molar-refractivity contribution in [2.45, 2.75) is 24.3 Å². The lowest BCUT2D eigenvalue weighted by atomic mass is 9.97. The molecule has 3 aromatic rings. The van der Waals surface area contributed by atoms with Crippen molar-refractivity contribution in [3.63, 3.8) is 0 Å². The van der Waals surface area contributed by atoms with Crippen LogP contribution in [0.3, 0.4) is 0 Å². The summed E-state index contributed by atoms with van der Waals surface area (Å²) in [4.78, 5) is 5.17. The first-order valence-electron chi connectivity index (χ1n) is 9.98. The Morgan fingerprint density at radius 1 is 0.968 bits per heavy atom. The average molecular weight is 435 g/mol. The molecule has 5 rings (SSSR count). The minimum Gasteiger partial charge on any atom is -0.493 e. The highest BCUT2D eigenvalue weighted by Crippen LogP contribution is 2.52. The van der Waals surface area contributed by atoms with Crippen LogP contribution in [0.4, 0.5) is 11.4 Å². The number of ether oxygens (including phenoxy) is 2. The summed E-state index contributed by atoms with van der Waals surface area (Å²) in [5.74, 6) is 0.897. The molecular formula is C24H22N2O4S. The Labute approximate surface area is 181 Å². The first-order chi connectivity index (χ1) is 14.9. The van der Waals surface area contributed by atoms with Crippen LogP contribution >= 0.6 is 0 Å². The molecule has 0 aliphatic carbocycles. The molecule has 0 bridgehead atoms. The number of hydrogen-bond donors (Lipinski definition) is 0. The van der Waals surface area contributed by atoms with Gasteiger partial charge in [-0.2, -0.15) is 0 Å². The Balaban J connectivity index is 1.78. The highest BCUT2D eigenvalue weighted by atomic mass is 32.2. The molecule has 158 valence electrons. The van der Waals surface area contributed by atoms with E-state index in [1.807, 2.05) is 55.5 Å². The van der Waals surface area contributed by atoms with Gasteiger partial charge in [-0.05, 0) is 36.2 Å². The van der Waals surface area contributed by atoms with E-state index in [9.17, 15) is 8.42 Å². The lowest BCUT2D eigenvalue weighted by molar-refractivity contribution is 0.353. The van der Waals surface area contributed by atoms with Crippen molar-refractivity contribution < 1.29 is 17.9 Å². The van der Waals surface area contributed by atoms with Gasteiger partial charge in [0.25, 0.3) is 10.0 Å². The van der Waals surface area contributed by atoms with Crippen molar-refractivity contribution >= 4 is 27.1 Å². The van der Waals surface area contributed by atoms with E-state index in [1.54, 1.807) is 19.2 Å². The molecule has 0 aromatic heterocycles. The second-order valence-corrected chi connectivity index (χ2v) is 9.47. The molecule has 0 unspecified atom stereocenters. The topological polar surface area (TPSA) is 68.2 Å². The third-order valence-electron chi connectivity index (χ3n) is 5.81. The zero-order valence-corrected chi connectivity index (χ0v) is 18.3. The zero-order chi connectivity index (χ0) is 21.8. The van der Waals surface area contributed by atoms with E-state index in [-0.39, 0.29) is 4.90 Å². The van der Waals surface area contributed by atoms with E-state index in [0.29, 0.717) is 34.9 Å². The summed E-state index contributed by atoms with van der Waals surface area (Å²) in [5, 5.41) is 0. The molecule has 0 N–H and O–H groups in total. The van der Waals surface area contributed by atoms with E-state index < -0.39 is 16.1 Å². The summed E-state index contributed by atoms with van der Waals surface area (Å²) in [6.07, 6.45) is 0.444. The number of rotatable bonds is 3. The molecule has 2 heterocycles. The van der Waals surface area contributed by atoms with Gasteiger partial charge in [0.1, 0.15) is 0 Å². The molecule has 2 aliphatic rings. The third-order valence-corrected chi connectivity index (χ3v) is 7.69. The van der Waals surface area contributed by atoms with Crippen LogP contribution < -0.4 is 13.8 Å². The van der Waals surface area contributed by atoms with Gasteiger partial charge in [-0.25, -0.2) is 8.42 Å². The minimum absolute atomic E-state index is 0.246. The van der Waals surface area contributed by atoms with Gasteiger partial charge in [0.15, 0.2) is 11.5 Å². The number of methoxy groups -OCH3 is 2. The fourth-order valence-electron chi connectivity index (χ4n) is 4.35. The zero-order valence-electron chi connectivity index (χ0n) is 17.5. The van der Waals surface area contributed by atoms with Crippen LogP contribution in [0.1, 0.15) is 29.2 Å². The molecule has 0 saturated carbocycles. The van der Waals surface area contributed by atoms with E-state index in [1.165, 1.54) is 11.4 Å². The third kappa shape index (κ3) is 2.99. The Morgan fingerprint density at radius 2 is 1.68 bits per heavy atom. The van der Waals surface area contributed by atoms with Gasteiger partial charge in [0.2, 0.25) is 0 Å². The van der Waals surface area contributed by atoms with Crippen molar-refractivity contribution in [1.29, 1.82) is 0 Å². The average Bonchev–Trinajstić information content (AvgIpc) is 2.90. The van der Waals surface area contributed by atoms with E-state index in [0.717, 1.165) is 16.8 Å². The standard InChI is InChI=1S/C24H22N2O4S/c1-15-9-10-20-19(11-15)25-18(16-7-5-4-6-8-16)13-21-17-12-22(29-2)23(30-3)14-24(17)31(27,28)26(20)21/h4-12,14,21H,13H2,1-3H3/t21-/m0/s1. The minimum atomic E-state index is -3.79. The number of sulfonamides is 1. The fourth-order valence-corrected chi connectivity index (χ4v) is 6.24. The van der Waals surface area contributed by atoms with Crippen molar-refractivity contribution in [1.82, 2.24) is 0 Å². The molecular weight excluding hydrogens is 412 g/mol. The predicted octanol–water partition coefficient (Wildman–Crippen LogP) is 4.79. The van der Waals surface area contributed by atoms with Gasteiger partial charge in [-0.1, -0.05) is 36.4 Å². The highest BCUT2D eigenvalue weighted by Gasteiger charge is 2.46. The fraction of sp³-hybridized carbons (Fsp3) is 0.208. The number of aliphatic imine (C=N–C) groups is 1. The molecule has 0 radical (unpaired) electrons. The van der Waals surface area contributed by atoms with Crippen LogP contribution in [0.2, 0.25) is 0 Å². The Morgan fingerprint density at radius 3 is 2.39 bits per heavy atom. The Bertz CT molecular complexity index is 1320. The number of anilines is 1. The molecule has 31 heavy (non-hydrogen) atoms. The summed E-state index contributed by atoms with van der Waals surface area (Å²) in [6, 6.07) is 18.5. The lowest BCUT2D eigenvalue weighted by Gasteiger charge is -2.24. The maximum Gasteiger partial charge on any atom is 0.265 e. The van der Waals surface area contributed by atoms with Crippen molar-refractivity contribution in [3.8, 4) is 11.5 Å². The summed E-state index contributed by atoms with van der Waals surface area (Å²) < 4.78 is 39.8. The molecule has 6 nitrogen and oxygen atoms in total. The predicted molar refractivity (Wildman–Crippen MR) is 120 cm³/mol. The molecule has 0 spiro atoms. The second kappa shape index (κ2) is 7.13. The molecule has 3 aromatic carbocycles. The Kier molecular flexibility index (Phi) is 4.51. The van der Waals surface area contributed by atoms with Crippen LogP contribution in [-0.4, -0.2) is 28.3 Å². The maximum absolute atomic E-state index is 13.7. The number of aryl methyl sites for hydroxylation is 1. The lowest BCUT2D eigenvalue weighted by Crippen LogP contribution is -2.28. The largest absolute Gasteiger partial charge is 0.493 e. The van der Waals surface area contributed by atoms with Crippen LogP contribution in [0.5, 0.6) is 11.5 Å². The monoisotopic (exact) mass is 434 g/mol. The van der Waals surface area contributed by atoms with Crippen LogP contribution in [0.25, 0.3) is 0 Å². The molecule has 7 heteroatoms. The van der Waals surface area contributed by atoms with Gasteiger partial charge in [-0.3, -0.25) is 9.30 Å². The van der Waals surface area contributed by atoms with Gasteiger partial charge in [0, 0.05) is 18.1 Å². The van der Waals surface area contributed by atoms with Gasteiger partial charge in [-0.15, -0.1) is 0 Å². The summed E-state index contributed by atoms with van der Waals surface area (Å²) in [6.45, 7) is 1.98. The number of benzene rings is 3. The first kappa shape index (κ1) is 19.6. The quantitative estimate of drug-likeness (QED) is 0.595. The van der Waals surface area contributed by atoms with Crippen molar-refractivity contribution in [3.05, 3.63) is 77.4 Å². The summed E-state index contributed by atoms with van der Waals surface area (Å²) >= 11 is 0. The van der Waals surface area contributed by atoms with E-state index in [4.69, 9.17) is 14.5 Å². The SMILES string of the molecule is COc1cc2c(cc1OC)S(=O)(=O)N1c3ccc(C)cc3N=C(c3ccccc3)C[C@@H]21. The number of nitrogens with zero attached hydrogens (tertiary/aromatic N) is 2. The molecule has 0 saturated heterocycles. The smallest absolute Gasteiger partial charge is 0.265 e. The maximum atomic E-state index is 13.7. The number of hydrogen-bond acceptors (Lipinski definition) is 5. The van der Waals surface area contributed by atoms with Crippen LogP contribution in [0.15, 0.2) is 70.6 Å². The van der Waals surface area contributed by atoms with Gasteiger partial charge in [0.05, 0.1) is 42.2 Å². The summed E-state index contributed by atoms with van der Waals surface area (Å²) in [7, 11) is -0.743. The van der Waals surface area contributed by atoms with E-state index in [2.05, 4.69) is 0 Å². The van der Waals surface area contributed by atoms with Crippen molar-refractivity contribution in [2.75, 3.05) is 18.5 Å². The molecule has 1 atom stereocenters. The Hall–Kier alpha value is -3.32. The van der Waals surface area contributed by atoms with Crippen LogP contribution in [-0.2, 0) is 10.0 Å². The van der Waals surface area contributed by atoms with Crippen molar-refractivity contribution in [2.24, 2.45) is 4.99 Å². The normalized spacial score (nSPS) is 18.4. The highest BCUT2D eigenvalue weighted by molar-refractivity contribution is 7.93. The molecule has 2 aliphatic heterocycles. The number of fused-ring (bicyclic) bond motifs is 5. The van der Waals surface area contributed by atoms with Crippen LogP contribution in [0, 0.1) is 6.92 Å². The molecule has 0 fully saturated rings. The van der Waals surface area contributed by atoms with Gasteiger partial charge >= 0.3 is 0 Å². The van der Waals surface area contributed by atoms with E-state index >= 15 is 0 Å². The second-order valence-electron chi connectivity index (χ2n) is 7.68. The van der Waals surface area contributed by atoms with Gasteiger partial charge < -0.3 is 9.47 Å². The summed E-state index contributed by atoms with van der Waals surface area (Å²) in [5.41, 5.74) is 4.76.